The minimum atomic E-state index is -3.65. The van der Waals surface area contributed by atoms with Crippen LogP contribution in [-0.2, 0) is 14.8 Å². The normalized spacial score (nSPS) is 15.8. The summed E-state index contributed by atoms with van der Waals surface area (Å²) in [6.45, 7) is 5.41. The van der Waals surface area contributed by atoms with E-state index in [4.69, 9.17) is 9.15 Å². The summed E-state index contributed by atoms with van der Waals surface area (Å²) < 4.78 is 38.3. The number of hydrogen-bond acceptors (Lipinski definition) is 6. The van der Waals surface area contributed by atoms with Crippen LogP contribution in [0.4, 0.5) is 5.69 Å². The number of rotatable bonds is 5. The minimum Gasteiger partial charge on any atom is -0.490 e. The number of ether oxygens (including phenoxy) is 1. The number of anilines is 1. The van der Waals surface area contributed by atoms with Crippen LogP contribution in [0, 0.1) is 13.8 Å². The minimum absolute atomic E-state index is 0.175. The molecule has 2 aromatic rings. The first-order chi connectivity index (χ1) is 13.6. The van der Waals surface area contributed by atoms with Crippen LogP contribution in [0.25, 0.3) is 0 Å². The Bertz CT molecular complexity index is 1070. The Hall–Kier alpha value is -2.65. The maximum absolute atomic E-state index is 13.0. The smallest absolute Gasteiger partial charge is 0.339 e. The quantitative estimate of drug-likeness (QED) is 0.796. The third kappa shape index (κ3) is 5.04. The van der Waals surface area contributed by atoms with Gasteiger partial charge in [0, 0.05) is 31.8 Å². The van der Waals surface area contributed by atoms with Crippen molar-refractivity contribution >= 4 is 21.6 Å². The number of carbonyl (C=O) groups excluding carboxylic acids is 1. The molecule has 0 radical (unpaired) electrons. The molecule has 0 bridgehead atoms. The molecule has 1 aliphatic heterocycles. The first-order valence-electron chi connectivity index (χ1n) is 9.32. The van der Waals surface area contributed by atoms with Gasteiger partial charge in [-0.1, -0.05) is 0 Å². The summed E-state index contributed by atoms with van der Waals surface area (Å²) >= 11 is 0. The molecule has 2 heterocycles. The van der Waals surface area contributed by atoms with E-state index in [9.17, 15) is 18.0 Å². The van der Waals surface area contributed by atoms with Gasteiger partial charge in [0.1, 0.15) is 17.6 Å². The summed E-state index contributed by atoms with van der Waals surface area (Å²) in [5.41, 5.74) is 0.656. The molecular formula is C20H24N2O6S. The second kappa shape index (κ2) is 8.38. The molecule has 1 saturated heterocycles. The largest absolute Gasteiger partial charge is 0.490 e. The predicted molar refractivity (Wildman–Crippen MR) is 108 cm³/mol. The Kier molecular flexibility index (Phi) is 6.09. The highest BCUT2D eigenvalue weighted by atomic mass is 32.2. The average molecular weight is 420 g/mol. The highest BCUT2D eigenvalue weighted by Gasteiger charge is 2.31. The van der Waals surface area contributed by atoms with Gasteiger partial charge in [-0.15, -0.1) is 0 Å². The molecule has 0 spiro atoms. The van der Waals surface area contributed by atoms with Crippen LogP contribution in [0.2, 0.25) is 0 Å². The standard InChI is InChI=1S/C20H24N2O6S/c1-13-10-16(21-15(3)23)4-5-19(13)29(25,26)22-8-6-17(7-9-22)28-18-11-14(2)27-20(24)12-18/h4-5,10-12,17H,6-9H2,1-3H3,(H,21,23). The van der Waals surface area contributed by atoms with Gasteiger partial charge in [-0.3, -0.25) is 4.79 Å². The van der Waals surface area contributed by atoms with Crippen molar-refractivity contribution in [2.24, 2.45) is 0 Å². The Morgan fingerprint density at radius 2 is 1.86 bits per heavy atom. The lowest BCUT2D eigenvalue weighted by molar-refractivity contribution is -0.114. The predicted octanol–water partition coefficient (Wildman–Crippen LogP) is 2.45. The number of piperidine rings is 1. The van der Waals surface area contributed by atoms with Crippen molar-refractivity contribution in [1.29, 1.82) is 0 Å². The van der Waals surface area contributed by atoms with Crippen LogP contribution in [0.5, 0.6) is 5.75 Å². The van der Waals surface area contributed by atoms with E-state index in [1.165, 1.54) is 23.4 Å². The van der Waals surface area contributed by atoms with Crippen molar-refractivity contribution in [1.82, 2.24) is 4.31 Å². The van der Waals surface area contributed by atoms with Crippen molar-refractivity contribution in [3.63, 3.8) is 0 Å². The van der Waals surface area contributed by atoms with Crippen LogP contribution in [0.15, 0.2) is 44.4 Å². The Labute approximate surface area is 169 Å². The molecule has 1 amide bonds. The van der Waals surface area contributed by atoms with E-state index in [1.807, 2.05) is 0 Å². The van der Waals surface area contributed by atoms with Gasteiger partial charge in [0.05, 0.1) is 11.0 Å². The van der Waals surface area contributed by atoms with Crippen molar-refractivity contribution in [2.75, 3.05) is 18.4 Å². The molecule has 8 nitrogen and oxygen atoms in total. The molecule has 9 heteroatoms. The van der Waals surface area contributed by atoms with Crippen LogP contribution >= 0.6 is 0 Å². The zero-order valence-electron chi connectivity index (χ0n) is 16.6. The topological polar surface area (TPSA) is 106 Å². The van der Waals surface area contributed by atoms with E-state index in [0.717, 1.165) is 0 Å². The molecule has 29 heavy (non-hydrogen) atoms. The van der Waals surface area contributed by atoms with Crippen molar-refractivity contribution in [3.05, 3.63) is 52.1 Å². The number of sulfonamides is 1. The van der Waals surface area contributed by atoms with Gasteiger partial charge in [-0.25, -0.2) is 13.2 Å². The van der Waals surface area contributed by atoms with E-state index in [2.05, 4.69) is 5.32 Å². The second-order valence-corrected chi connectivity index (χ2v) is 9.01. The second-order valence-electron chi connectivity index (χ2n) is 7.11. The van der Waals surface area contributed by atoms with Gasteiger partial charge in [-0.2, -0.15) is 4.31 Å². The zero-order valence-corrected chi connectivity index (χ0v) is 17.4. The van der Waals surface area contributed by atoms with Crippen molar-refractivity contribution < 1.29 is 22.4 Å². The van der Waals surface area contributed by atoms with Gasteiger partial charge in [0.2, 0.25) is 15.9 Å². The molecule has 1 N–H and O–H groups in total. The van der Waals surface area contributed by atoms with E-state index < -0.39 is 15.6 Å². The molecule has 156 valence electrons. The van der Waals surface area contributed by atoms with Crippen molar-refractivity contribution in [2.45, 2.75) is 44.6 Å². The number of nitrogens with zero attached hydrogens (tertiary/aromatic N) is 1. The molecule has 0 atom stereocenters. The maximum Gasteiger partial charge on any atom is 0.339 e. The molecule has 1 fully saturated rings. The van der Waals surface area contributed by atoms with E-state index in [-0.39, 0.29) is 16.9 Å². The summed E-state index contributed by atoms with van der Waals surface area (Å²) in [5.74, 6) is 0.684. The average Bonchev–Trinajstić information content (AvgIpc) is 2.60. The number of benzene rings is 1. The lowest BCUT2D eigenvalue weighted by Gasteiger charge is -2.31. The molecule has 3 rings (SSSR count). The van der Waals surface area contributed by atoms with Gasteiger partial charge in [-0.05, 0) is 50.5 Å². The summed E-state index contributed by atoms with van der Waals surface area (Å²) in [6.07, 6.45) is 0.856. The van der Waals surface area contributed by atoms with Crippen LogP contribution in [-0.4, -0.2) is 37.8 Å². The van der Waals surface area contributed by atoms with Gasteiger partial charge in [0.25, 0.3) is 0 Å². The van der Waals surface area contributed by atoms with Crippen molar-refractivity contribution in [3.8, 4) is 5.75 Å². The van der Waals surface area contributed by atoms with Gasteiger partial charge >= 0.3 is 5.63 Å². The Morgan fingerprint density at radius 1 is 1.17 bits per heavy atom. The molecule has 1 aromatic carbocycles. The Balaban J connectivity index is 1.68. The third-order valence-corrected chi connectivity index (χ3v) is 6.74. The SMILES string of the molecule is CC(=O)Nc1ccc(S(=O)(=O)N2CCC(Oc3cc(C)oc(=O)c3)CC2)c(C)c1. The summed E-state index contributed by atoms with van der Waals surface area (Å²) in [6, 6.07) is 7.68. The van der Waals surface area contributed by atoms with Crippen LogP contribution < -0.4 is 15.7 Å². The maximum atomic E-state index is 13.0. The summed E-state index contributed by atoms with van der Waals surface area (Å²) in [4.78, 5) is 22.9. The first kappa shape index (κ1) is 21.1. The highest BCUT2D eigenvalue weighted by molar-refractivity contribution is 7.89. The van der Waals surface area contributed by atoms with E-state index >= 15 is 0 Å². The zero-order chi connectivity index (χ0) is 21.2. The fourth-order valence-corrected chi connectivity index (χ4v) is 5.06. The lowest BCUT2D eigenvalue weighted by atomic mass is 10.1. The number of nitrogens with one attached hydrogen (secondary N) is 1. The molecule has 1 aromatic heterocycles. The van der Waals surface area contributed by atoms with Gasteiger partial charge < -0.3 is 14.5 Å². The summed E-state index contributed by atoms with van der Waals surface area (Å²) in [7, 11) is -3.65. The monoisotopic (exact) mass is 420 g/mol. The van der Waals surface area contributed by atoms with Crippen LogP contribution in [0.1, 0.15) is 31.1 Å². The van der Waals surface area contributed by atoms with Crippen LogP contribution in [0.3, 0.4) is 0 Å². The third-order valence-electron chi connectivity index (χ3n) is 4.68. The lowest BCUT2D eigenvalue weighted by Crippen LogP contribution is -2.42. The molecule has 1 aliphatic rings. The molecule has 0 saturated carbocycles. The van der Waals surface area contributed by atoms with Gasteiger partial charge in [0.15, 0.2) is 0 Å². The number of carbonyl (C=O) groups is 1. The highest BCUT2D eigenvalue weighted by Crippen LogP contribution is 2.27. The first-order valence-corrected chi connectivity index (χ1v) is 10.8. The fraction of sp³-hybridized carbons (Fsp3) is 0.400. The van der Waals surface area contributed by atoms with E-state index in [0.29, 0.717) is 48.7 Å². The fourth-order valence-electron chi connectivity index (χ4n) is 3.39. The molecule has 0 aliphatic carbocycles. The van der Waals surface area contributed by atoms with E-state index in [1.54, 1.807) is 32.0 Å². The number of aryl methyl sites for hydroxylation is 2. The number of amides is 1. The summed E-state index contributed by atoms with van der Waals surface area (Å²) in [5, 5.41) is 2.65. The molecule has 0 unspecified atom stereocenters. The molecular weight excluding hydrogens is 396 g/mol. The Morgan fingerprint density at radius 3 is 2.45 bits per heavy atom. The number of hydrogen-bond donors (Lipinski definition) is 1.